The second-order valence-electron chi connectivity index (χ2n) is 10.4. The molecule has 0 saturated carbocycles. The van der Waals surface area contributed by atoms with E-state index in [2.05, 4.69) is 0 Å². The Balaban J connectivity index is 1.99. The highest BCUT2D eigenvalue weighted by Gasteiger charge is 2.20. The van der Waals surface area contributed by atoms with Gasteiger partial charge in [0.05, 0.1) is 0 Å². The van der Waals surface area contributed by atoms with E-state index in [1.165, 1.54) is 72.1 Å². The number of carbonyl (C=O) groups excluding carboxylic acids is 3. The molecular weight excluding hydrogens is 496 g/mol. The lowest BCUT2D eigenvalue weighted by Crippen LogP contribution is -2.08. The Bertz CT molecular complexity index is 1080. The summed E-state index contributed by atoms with van der Waals surface area (Å²) in [7, 11) is 0. The second-order valence-corrected chi connectivity index (χ2v) is 10.4. The summed E-state index contributed by atoms with van der Waals surface area (Å²) in [6.07, 6.45) is 15.9. The average molecular weight is 539 g/mol. The zero-order valence-electron chi connectivity index (χ0n) is 23.6. The van der Waals surface area contributed by atoms with Crippen molar-refractivity contribution in [3.05, 3.63) is 41.5 Å². The summed E-state index contributed by atoms with van der Waals surface area (Å²) >= 11 is 0. The fourth-order valence-corrected chi connectivity index (χ4v) is 4.94. The fourth-order valence-electron chi connectivity index (χ4n) is 4.94. The van der Waals surface area contributed by atoms with Gasteiger partial charge in [-0.3, -0.25) is 14.4 Å². The summed E-state index contributed by atoms with van der Waals surface area (Å²) in [4.78, 5) is 35.7. The zero-order chi connectivity index (χ0) is 28.0. The van der Waals surface area contributed by atoms with E-state index in [9.17, 15) is 14.4 Å². The number of esters is 3. The lowest BCUT2D eigenvalue weighted by Gasteiger charge is -2.17. The van der Waals surface area contributed by atoms with Crippen molar-refractivity contribution in [2.75, 3.05) is 0 Å². The molecule has 2 aliphatic heterocycles. The highest BCUT2D eigenvalue weighted by Crippen LogP contribution is 2.43. The van der Waals surface area contributed by atoms with Crippen LogP contribution in [-0.2, 0) is 27.2 Å². The molecule has 0 spiro atoms. The normalized spacial score (nSPS) is 15.7. The third-order valence-electron chi connectivity index (χ3n) is 6.69. The van der Waals surface area contributed by atoms with E-state index in [4.69, 9.17) is 18.9 Å². The number of hydrogen-bond acceptors (Lipinski definition) is 7. The number of carbonyl (C=O) groups is 3. The molecule has 2 aliphatic rings. The molecule has 4 bridgehead atoms. The van der Waals surface area contributed by atoms with Crippen molar-refractivity contribution < 1.29 is 33.3 Å². The number of ether oxygens (including phenoxy) is 4. The molecule has 0 fully saturated rings. The first-order valence-electron chi connectivity index (χ1n) is 14.3. The van der Waals surface area contributed by atoms with Crippen LogP contribution >= 0.6 is 0 Å². The molecule has 0 radical (unpaired) electrons. The molecule has 212 valence electrons. The Morgan fingerprint density at radius 1 is 0.538 bits per heavy atom. The van der Waals surface area contributed by atoms with Crippen LogP contribution in [-0.4, -0.2) is 17.9 Å². The Morgan fingerprint density at radius 3 is 1.38 bits per heavy atom. The summed E-state index contributed by atoms with van der Waals surface area (Å²) in [6.45, 7) is 3.98. The summed E-state index contributed by atoms with van der Waals surface area (Å²) in [5, 5.41) is 0. The molecule has 0 aliphatic carbocycles. The quantitative estimate of drug-likeness (QED) is 0.289. The van der Waals surface area contributed by atoms with Crippen LogP contribution in [0.15, 0.2) is 30.3 Å². The molecule has 7 heteroatoms. The van der Waals surface area contributed by atoms with Gasteiger partial charge in [0.25, 0.3) is 0 Å². The van der Waals surface area contributed by atoms with Gasteiger partial charge >= 0.3 is 17.9 Å². The van der Waals surface area contributed by atoms with Crippen LogP contribution in [0.25, 0.3) is 0 Å². The Labute approximate surface area is 232 Å². The van der Waals surface area contributed by atoms with Gasteiger partial charge in [0.1, 0.15) is 11.5 Å². The minimum Gasteiger partial charge on any atom is -0.449 e. The fraction of sp³-hybridized carbons (Fsp3) is 0.531. The van der Waals surface area contributed by atoms with Crippen molar-refractivity contribution in [2.24, 2.45) is 0 Å². The van der Waals surface area contributed by atoms with Gasteiger partial charge < -0.3 is 18.9 Å². The van der Waals surface area contributed by atoms with Crippen LogP contribution in [0.2, 0.25) is 0 Å². The van der Waals surface area contributed by atoms with Gasteiger partial charge in [-0.1, -0.05) is 64.2 Å². The average Bonchev–Trinajstić information content (AvgIpc) is 2.84. The Kier molecular flexibility index (Phi) is 12.3. The van der Waals surface area contributed by atoms with Gasteiger partial charge in [0.2, 0.25) is 5.75 Å². The predicted molar refractivity (Wildman–Crippen MR) is 150 cm³/mol. The van der Waals surface area contributed by atoms with E-state index in [0.29, 0.717) is 11.5 Å². The Morgan fingerprint density at radius 2 is 0.949 bits per heavy atom. The summed E-state index contributed by atoms with van der Waals surface area (Å²) in [5.74, 6) is -0.225. The molecular formula is C32H42O7. The molecule has 2 heterocycles. The van der Waals surface area contributed by atoms with Gasteiger partial charge in [0, 0.05) is 26.8 Å². The van der Waals surface area contributed by atoms with Crippen molar-refractivity contribution in [3.8, 4) is 28.7 Å². The third-order valence-corrected chi connectivity index (χ3v) is 6.69. The first-order chi connectivity index (χ1) is 18.8. The lowest BCUT2D eigenvalue weighted by molar-refractivity contribution is -0.133. The minimum atomic E-state index is -0.512. The molecule has 0 amide bonds. The van der Waals surface area contributed by atoms with E-state index < -0.39 is 17.9 Å². The van der Waals surface area contributed by atoms with Gasteiger partial charge in [-0.05, 0) is 61.1 Å². The maximum atomic E-state index is 12.0. The van der Waals surface area contributed by atoms with E-state index in [1.54, 1.807) is 18.2 Å². The van der Waals surface area contributed by atoms with Crippen LogP contribution in [0.3, 0.4) is 0 Å². The molecule has 0 atom stereocenters. The van der Waals surface area contributed by atoms with Gasteiger partial charge in [-0.25, -0.2) is 0 Å². The molecule has 0 unspecified atom stereocenters. The lowest BCUT2D eigenvalue weighted by atomic mass is 10.0. The number of benzene rings is 2. The third kappa shape index (κ3) is 11.1. The van der Waals surface area contributed by atoms with Crippen molar-refractivity contribution >= 4 is 17.9 Å². The van der Waals surface area contributed by atoms with Crippen molar-refractivity contribution in [2.45, 2.75) is 111 Å². The van der Waals surface area contributed by atoms with E-state index in [1.807, 2.05) is 12.1 Å². The van der Waals surface area contributed by atoms with E-state index in [-0.39, 0.29) is 17.2 Å². The van der Waals surface area contributed by atoms with Crippen LogP contribution < -0.4 is 18.9 Å². The summed E-state index contributed by atoms with van der Waals surface area (Å²) in [6, 6.07) is 8.86. The topological polar surface area (TPSA) is 88.1 Å². The first kappa shape index (κ1) is 30.2. The summed E-state index contributed by atoms with van der Waals surface area (Å²) < 4.78 is 22.7. The maximum Gasteiger partial charge on any atom is 0.308 e. The van der Waals surface area contributed by atoms with Crippen molar-refractivity contribution in [3.63, 3.8) is 0 Å². The molecule has 0 aromatic heterocycles. The number of rotatable bonds is 3. The van der Waals surface area contributed by atoms with Crippen molar-refractivity contribution in [1.29, 1.82) is 0 Å². The van der Waals surface area contributed by atoms with Crippen LogP contribution in [0.4, 0.5) is 0 Å². The molecule has 39 heavy (non-hydrogen) atoms. The standard InChI is InChI=1S/C32H42O7/c1-23(33)36-28-18-26-16-14-12-10-8-6-4-5-7-9-11-13-15-17-27-20-30(37-24(2)34)32(39-29(19-26)22-28)31(21-27)38-25(3)35/h18-22H,4-17H2,1-3H3. The van der Waals surface area contributed by atoms with E-state index in [0.717, 1.165) is 49.7 Å². The second kappa shape index (κ2) is 15.9. The molecule has 0 saturated heterocycles. The highest BCUT2D eigenvalue weighted by atomic mass is 16.6. The van der Waals surface area contributed by atoms with Crippen LogP contribution in [0.5, 0.6) is 28.7 Å². The highest BCUT2D eigenvalue weighted by molar-refractivity contribution is 5.75. The van der Waals surface area contributed by atoms with Gasteiger partial charge in [0.15, 0.2) is 11.5 Å². The maximum absolute atomic E-state index is 12.0. The predicted octanol–water partition coefficient (Wildman–Crippen LogP) is 8.03. The van der Waals surface area contributed by atoms with Crippen LogP contribution in [0, 0.1) is 0 Å². The monoisotopic (exact) mass is 538 g/mol. The molecule has 0 N–H and O–H groups in total. The first-order valence-corrected chi connectivity index (χ1v) is 14.3. The SMILES string of the molecule is CC(=O)Oc1cc2cc(c1)Oc1c(OC(C)=O)cc(cc1OC(C)=O)CCCCCCCCCCCCCC2. The zero-order valence-corrected chi connectivity index (χ0v) is 23.6. The number of aryl methyl sites for hydroxylation is 2. The largest absolute Gasteiger partial charge is 0.449 e. The Hall–Kier alpha value is -3.35. The molecule has 2 aromatic carbocycles. The van der Waals surface area contributed by atoms with Crippen LogP contribution in [0.1, 0.15) is 109 Å². The van der Waals surface area contributed by atoms with Gasteiger partial charge in [-0.15, -0.1) is 0 Å². The number of hydrogen-bond donors (Lipinski definition) is 0. The minimum absolute atomic E-state index is 0.122. The molecule has 2 aromatic rings. The summed E-state index contributed by atoms with van der Waals surface area (Å²) in [5.41, 5.74) is 1.86. The molecule has 4 rings (SSSR count). The molecule has 7 nitrogen and oxygen atoms in total. The number of fused-ring (bicyclic) bond motifs is 15. The van der Waals surface area contributed by atoms with E-state index >= 15 is 0 Å². The van der Waals surface area contributed by atoms with Crippen molar-refractivity contribution in [1.82, 2.24) is 0 Å². The smallest absolute Gasteiger partial charge is 0.308 e. The van der Waals surface area contributed by atoms with Gasteiger partial charge in [-0.2, -0.15) is 0 Å².